The molecule has 0 unspecified atom stereocenters. The van der Waals surface area contributed by atoms with E-state index in [4.69, 9.17) is 9.47 Å². The second kappa shape index (κ2) is 4.37. The van der Waals surface area contributed by atoms with Gasteiger partial charge in [-0.2, -0.15) is 0 Å². The summed E-state index contributed by atoms with van der Waals surface area (Å²) in [4.78, 5) is 26.1. The number of hydrogen-bond donors (Lipinski definition) is 0. The number of carbonyl (C=O) groups is 2. The van der Waals surface area contributed by atoms with Crippen molar-refractivity contribution in [2.45, 2.75) is 84.5 Å². The van der Waals surface area contributed by atoms with Crippen LogP contribution >= 0.6 is 0 Å². The second-order valence-electron chi connectivity index (χ2n) is 8.86. The molecule has 0 aromatic heterocycles. The minimum absolute atomic E-state index is 0.280. The van der Waals surface area contributed by atoms with E-state index in [0.717, 1.165) is 19.3 Å². The molecule has 0 spiro atoms. The van der Waals surface area contributed by atoms with Gasteiger partial charge in [0.2, 0.25) is 0 Å². The van der Waals surface area contributed by atoms with E-state index in [2.05, 4.69) is 6.92 Å². The SMILES string of the molecule is CC12CC(N(C(=O)OC(C)(C)C)C(=O)OC(C)(C)C)(C1)C2. The fourth-order valence-corrected chi connectivity index (χ4v) is 3.54. The zero-order valence-corrected chi connectivity index (χ0v) is 14.2. The van der Waals surface area contributed by atoms with E-state index in [1.54, 1.807) is 41.5 Å². The van der Waals surface area contributed by atoms with E-state index in [-0.39, 0.29) is 11.0 Å². The van der Waals surface area contributed by atoms with Crippen LogP contribution in [-0.4, -0.2) is 33.8 Å². The fraction of sp³-hybridized carbons (Fsp3) is 0.875. The third-order valence-electron chi connectivity index (χ3n) is 3.89. The number of hydrogen-bond acceptors (Lipinski definition) is 4. The molecule has 5 heteroatoms. The van der Waals surface area contributed by atoms with Gasteiger partial charge in [0, 0.05) is 0 Å². The molecule has 0 radical (unpaired) electrons. The Bertz CT molecular complexity index is 422. The Labute approximate surface area is 127 Å². The van der Waals surface area contributed by atoms with Crippen LogP contribution in [0.15, 0.2) is 0 Å². The molecule has 3 saturated carbocycles. The van der Waals surface area contributed by atoms with Crippen molar-refractivity contribution in [3.05, 3.63) is 0 Å². The van der Waals surface area contributed by atoms with Gasteiger partial charge in [-0.05, 0) is 66.2 Å². The van der Waals surface area contributed by atoms with E-state index in [9.17, 15) is 9.59 Å². The summed E-state index contributed by atoms with van der Waals surface area (Å²) in [5.74, 6) is 0. The van der Waals surface area contributed by atoms with Gasteiger partial charge in [0.15, 0.2) is 0 Å². The Morgan fingerprint density at radius 1 is 0.857 bits per heavy atom. The summed E-state index contributed by atoms with van der Waals surface area (Å²) >= 11 is 0. The Hall–Kier alpha value is -1.26. The highest BCUT2D eigenvalue weighted by Gasteiger charge is 2.71. The Balaban J connectivity index is 2.16. The van der Waals surface area contributed by atoms with Gasteiger partial charge < -0.3 is 9.47 Å². The van der Waals surface area contributed by atoms with Crippen molar-refractivity contribution in [2.24, 2.45) is 5.41 Å². The fourth-order valence-electron chi connectivity index (χ4n) is 3.54. The standard InChI is InChI=1S/C16H27NO4/c1-13(2,3)20-11(18)17(12(19)21-14(4,5)6)16-8-15(7,9-16)10-16/h8-10H2,1-7H3. The first-order valence-corrected chi connectivity index (χ1v) is 7.52. The van der Waals surface area contributed by atoms with Crippen molar-refractivity contribution in [2.75, 3.05) is 0 Å². The van der Waals surface area contributed by atoms with E-state index < -0.39 is 23.4 Å². The first-order valence-electron chi connectivity index (χ1n) is 7.52. The van der Waals surface area contributed by atoms with Crippen molar-refractivity contribution in [3.8, 4) is 0 Å². The van der Waals surface area contributed by atoms with Gasteiger partial charge in [0.25, 0.3) is 0 Å². The van der Waals surface area contributed by atoms with Gasteiger partial charge in [0.1, 0.15) is 11.2 Å². The highest BCUT2D eigenvalue weighted by Crippen LogP contribution is 2.69. The molecule has 120 valence electrons. The van der Waals surface area contributed by atoms with Crippen LogP contribution in [0.1, 0.15) is 67.7 Å². The number of imide groups is 1. The largest absolute Gasteiger partial charge is 0.443 e. The molecule has 2 bridgehead atoms. The zero-order chi connectivity index (χ0) is 16.3. The van der Waals surface area contributed by atoms with Gasteiger partial charge in [0.05, 0.1) is 5.54 Å². The van der Waals surface area contributed by atoms with Crippen LogP contribution in [0.25, 0.3) is 0 Å². The Morgan fingerprint density at radius 2 is 1.19 bits per heavy atom. The smallest absolute Gasteiger partial charge is 0.420 e. The van der Waals surface area contributed by atoms with Gasteiger partial charge >= 0.3 is 12.2 Å². The lowest BCUT2D eigenvalue weighted by molar-refractivity contribution is -0.192. The lowest BCUT2D eigenvalue weighted by atomic mass is 9.40. The summed E-state index contributed by atoms with van der Waals surface area (Å²) in [6.07, 6.45) is 1.34. The maximum Gasteiger partial charge on any atom is 0.420 e. The van der Waals surface area contributed by atoms with Gasteiger partial charge in [-0.25, -0.2) is 14.5 Å². The van der Waals surface area contributed by atoms with Crippen molar-refractivity contribution in [3.63, 3.8) is 0 Å². The Morgan fingerprint density at radius 3 is 1.43 bits per heavy atom. The molecule has 3 rings (SSSR count). The molecule has 0 atom stereocenters. The van der Waals surface area contributed by atoms with Gasteiger partial charge in [-0.1, -0.05) is 6.92 Å². The van der Waals surface area contributed by atoms with Crippen LogP contribution in [0.5, 0.6) is 0 Å². The van der Waals surface area contributed by atoms with Crippen molar-refractivity contribution in [1.82, 2.24) is 4.90 Å². The molecule has 5 nitrogen and oxygen atoms in total. The highest BCUT2D eigenvalue weighted by molar-refractivity contribution is 5.90. The average Bonchev–Trinajstić information content (AvgIpc) is 2.06. The molecule has 3 aliphatic rings. The monoisotopic (exact) mass is 297 g/mol. The van der Waals surface area contributed by atoms with E-state index in [0.29, 0.717) is 0 Å². The third-order valence-corrected chi connectivity index (χ3v) is 3.89. The van der Waals surface area contributed by atoms with Crippen LogP contribution < -0.4 is 0 Å². The number of rotatable bonds is 1. The minimum Gasteiger partial charge on any atom is -0.443 e. The van der Waals surface area contributed by atoms with E-state index in [1.165, 1.54) is 4.90 Å². The molecule has 0 saturated heterocycles. The van der Waals surface area contributed by atoms with Crippen LogP contribution in [0.4, 0.5) is 9.59 Å². The number of ether oxygens (including phenoxy) is 2. The predicted octanol–water partition coefficient (Wildman–Crippen LogP) is 4.10. The van der Waals surface area contributed by atoms with Crippen molar-refractivity contribution in [1.29, 1.82) is 0 Å². The summed E-state index contributed by atoms with van der Waals surface area (Å²) in [6, 6.07) is 0. The van der Waals surface area contributed by atoms with Crippen LogP contribution in [-0.2, 0) is 9.47 Å². The first kappa shape index (κ1) is 16.1. The molecular weight excluding hydrogens is 270 g/mol. The lowest BCUT2D eigenvalue weighted by Gasteiger charge is -2.71. The number of nitrogens with zero attached hydrogens (tertiary/aromatic N) is 1. The number of carbonyl (C=O) groups excluding carboxylic acids is 2. The number of amides is 2. The van der Waals surface area contributed by atoms with Crippen molar-refractivity contribution < 1.29 is 19.1 Å². The van der Waals surface area contributed by atoms with Gasteiger partial charge in [-0.15, -0.1) is 0 Å². The minimum atomic E-state index is -0.634. The molecule has 3 aliphatic carbocycles. The lowest BCUT2D eigenvalue weighted by Crippen LogP contribution is -2.76. The predicted molar refractivity (Wildman–Crippen MR) is 79.0 cm³/mol. The highest BCUT2D eigenvalue weighted by atomic mass is 16.6. The summed E-state index contributed by atoms with van der Waals surface area (Å²) in [7, 11) is 0. The summed E-state index contributed by atoms with van der Waals surface area (Å²) in [5.41, 5.74) is -1.38. The molecular formula is C16H27NO4. The quantitative estimate of drug-likeness (QED) is 0.731. The summed E-state index contributed by atoms with van der Waals surface area (Å²) in [5, 5.41) is 0. The normalized spacial score (nSPS) is 30.8. The van der Waals surface area contributed by atoms with E-state index >= 15 is 0 Å². The molecule has 0 aromatic rings. The first-order chi connectivity index (χ1) is 9.25. The molecule has 3 fully saturated rings. The van der Waals surface area contributed by atoms with Crippen molar-refractivity contribution >= 4 is 12.2 Å². The molecule has 21 heavy (non-hydrogen) atoms. The van der Waals surface area contributed by atoms with Crippen LogP contribution in [0.2, 0.25) is 0 Å². The topological polar surface area (TPSA) is 55.8 Å². The third kappa shape index (κ3) is 3.16. The Kier molecular flexibility index (Phi) is 3.35. The van der Waals surface area contributed by atoms with Gasteiger partial charge in [-0.3, -0.25) is 0 Å². The summed E-state index contributed by atoms with van der Waals surface area (Å²) < 4.78 is 10.8. The molecule has 0 N–H and O–H groups in total. The molecule has 0 aliphatic heterocycles. The molecule has 2 amide bonds. The maximum absolute atomic E-state index is 12.5. The van der Waals surface area contributed by atoms with Crippen LogP contribution in [0, 0.1) is 5.41 Å². The molecule has 0 heterocycles. The van der Waals surface area contributed by atoms with E-state index in [1.807, 2.05) is 0 Å². The summed E-state index contributed by atoms with van der Waals surface area (Å²) in [6.45, 7) is 12.9. The maximum atomic E-state index is 12.5. The zero-order valence-electron chi connectivity index (χ0n) is 14.2. The van der Waals surface area contributed by atoms with Crippen LogP contribution in [0.3, 0.4) is 0 Å². The second-order valence-corrected chi connectivity index (χ2v) is 8.86. The molecule has 0 aromatic carbocycles. The average molecular weight is 297 g/mol.